The molecule has 27 heavy (non-hydrogen) atoms. The first kappa shape index (κ1) is 18.1. The Balaban J connectivity index is 1.64. The van der Waals surface area contributed by atoms with Crippen molar-refractivity contribution in [3.8, 4) is 11.4 Å². The van der Waals surface area contributed by atoms with E-state index >= 15 is 0 Å². The first-order valence-corrected chi connectivity index (χ1v) is 9.48. The lowest BCUT2D eigenvalue weighted by Crippen LogP contribution is -2.44. The van der Waals surface area contributed by atoms with Crippen LogP contribution in [0.3, 0.4) is 0 Å². The van der Waals surface area contributed by atoms with Crippen molar-refractivity contribution in [2.45, 2.75) is 51.6 Å². The molecule has 2 aromatic rings. The molecule has 8 nitrogen and oxygen atoms in total. The van der Waals surface area contributed by atoms with Crippen LogP contribution in [-0.4, -0.2) is 51.7 Å². The van der Waals surface area contributed by atoms with Gasteiger partial charge >= 0.3 is 0 Å². The third-order valence-electron chi connectivity index (χ3n) is 5.40. The zero-order valence-corrected chi connectivity index (χ0v) is 15.8. The first-order valence-electron chi connectivity index (χ1n) is 9.48. The van der Waals surface area contributed by atoms with Crippen molar-refractivity contribution in [2.24, 2.45) is 5.73 Å². The molecule has 0 unspecified atom stereocenters. The average Bonchev–Trinajstić information content (AvgIpc) is 3.17. The predicted octanol–water partition coefficient (Wildman–Crippen LogP) is 1.57. The SMILES string of the molecule is Cc1ncc2c(c1-c1noc(C3CCOCC3)n1)CCN(C(=O)[C@@H](C)N)C2. The third-order valence-corrected chi connectivity index (χ3v) is 5.40. The number of aryl methyl sites for hydroxylation is 1. The largest absolute Gasteiger partial charge is 0.381 e. The van der Waals surface area contributed by atoms with Crippen LogP contribution >= 0.6 is 0 Å². The van der Waals surface area contributed by atoms with E-state index in [2.05, 4.69) is 15.1 Å². The second-order valence-corrected chi connectivity index (χ2v) is 7.36. The van der Waals surface area contributed by atoms with Crippen molar-refractivity contribution >= 4 is 5.91 Å². The zero-order valence-electron chi connectivity index (χ0n) is 15.8. The molecule has 0 bridgehead atoms. The molecule has 0 aliphatic carbocycles. The van der Waals surface area contributed by atoms with Crippen molar-refractivity contribution in [2.75, 3.05) is 19.8 Å². The highest BCUT2D eigenvalue weighted by Gasteiger charge is 2.28. The normalized spacial score (nSPS) is 19.0. The maximum absolute atomic E-state index is 12.2. The van der Waals surface area contributed by atoms with Crippen LogP contribution in [0.25, 0.3) is 11.4 Å². The molecule has 144 valence electrons. The summed E-state index contributed by atoms with van der Waals surface area (Å²) in [6.07, 6.45) is 4.38. The van der Waals surface area contributed by atoms with E-state index in [0.29, 0.717) is 24.8 Å². The topological polar surface area (TPSA) is 107 Å². The van der Waals surface area contributed by atoms with E-state index in [1.54, 1.807) is 11.8 Å². The van der Waals surface area contributed by atoms with E-state index < -0.39 is 6.04 Å². The van der Waals surface area contributed by atoms with Gasteiger partial charge in [-0.15, -0.1) is 0 Å². The van der Waals surface area contributed by atoms with Crippen LogP contribution in [0.5, 0.6) is 0 Å². The molecule has 2 N–H and O–H groups in total. The van der Waals surface area contributed by atoms with Gasteiger partial charge in [-0.05, 0) is 44.2 Å². The van der Waals surface area contributed by atoms with Crippen LogP contribution in [0.1, 0.15) is 48.4 Å². The van der Waals surface area contributed by atoms with Gasteiger partial charge in [0.1, 0.15) is 0 Å². The van der Waals surface area contributed by atoms with Gasteiger partial charge in [-0.3, -0.25) is 9.78 Å². The molecule has 4 heterocycles. The summed E-state index contributed by atoms with van der Waals surface area (Å²) in [5.41, 5.74) is 9.74. The van der Waals surface area contributed by atoms with Gasteiger partial charge in [-0.2, -0.15) is 4.98 Å². The van der Waals surface area contributed by atoms with Crippen LogP contribution in [0.2, 0.25) is 0 Å². The van der Waals surface area contributed by atoms with E-state index in [-0.39, 0.29) is 11.8 Å². The quantitative estimate of drug-likeness (QED) is 0.872. The lowest BCUT2D eigenvalue weighted by molar-refractivity contribution is -0.133. The molecule has 0 spiro atoms. The molecular formula is C19H25N5O3. The van der Waals surface area contributed by atoms with Gasteiger partial charge in [-0.1, -0.05) is 5.16 Å². The number of nitrogens with zero attached hydrogens (tertiary/aromatic N) is 4. The standard InChI is InChI=1S/C19H25N5O3/c1-11(20)19(25)24-6-3-15-14(10-24)9-21-12(2)16(15)17-22-18(27-23-17)13-4-7-26-8-5-13/h9,11,13H,3-8,10,20H2,1-2H3/t11-/m1/s1. The van der Waals surface area contributed by atoms with Crippen molar-refractivity contribution in [3.63, 3.8) is 0 Å². The van der Waals surface area contributed by atoms with E-state index in [1.165, 1.54) is 0 Å². The summed E-state index contributed by atoms with van der Waals surface area (Å²) in [5.74, 6) is 1.48. The van der Waals surface area contributed by atoms with Gasteiger partial charge in [0.25, 0.3) is 0 Å². The Bertz CT molecular complexity index is 842. The highest BCUT2D eigenvalue weighted by molar-refractivity contribution is 5.81. The summed E-state index contributed by atoms with van der Waals surface area (Å²) >= 11 is 0. The minimum atomic E-state index is -0.497. The molecule has 8 heteroatoms. The summed E-state index contributed by atoms with van der Waals surface area (Å²) in [4.78, 5) is 23.2. The molecule has 1 amide bonds. The number of fused-ring (bicyclic) bond motifs is 1. The number of aromatic nitrogens is 3. The lowest BCUT2D eigenvalue weighted by atomic mass is 9.94. The van der Waals surface area contributed by atoms with E-state index in [9.17, 15) is 4.79 Å². The number of hydrogen-bond donors (Lipinski definition) is 1. The highest BCUT2D eigenvalue weighted by Crippen LogP contribution is 2.33. The maximum atomic E-state index is 12.2. The van der Waals surface area contributed by atoms with Crippen LogP contribution in [0.15, 0.2) is 10.7 Å². The Morgan fingerprint density at radius 2 is 2.15 bits per heavy atom. The average molecular weight is 371 g/mol. The molecule has 4 rings (SSSR count). The monoisotopic (exact) mass is 371 g/mol. The fraction of sp³-hybridized carbons (Fsp3) is 0.579. The molecular weight excluding hydrogens is 346 g/mol. The number of amides is 1. The number of pyridine rings is 1. The number of carbonyl (C=O) groups excluding carboxylic acids is 1. The number of carbonyl (C=O) groups is 1. The lowest BCUT2D eigenvalue weighted by Gasteiger charge is -2.31. The van der Waals surface area contributed by atoms with Crippen LogP contribution < -0.4 is 5.73 Å². The van der Waals surface area contributed by atoms with Crippen molar-refractivity contribution < 1.29 is 14.1 Å². The Labute approximate surface area is 158 Å². The van der Waals surface area contributed by atoms with E-state index in [4.69, 9.17) is 15.0 Å². The van der Waals surface area contributed by atoms with E-state index in [1.807, 2.05) is 13.1 Å². The first-order chi connectivity index (χ1) is 13.0. The predicted molar refractivity (Wildman–Crippen MR) is 97.8 cm³/mol. The fourth-order valence-electron chi connectivity index (χ4n) is 3.87. The van der Waals surface area contributed by atoms with Crippen LogP contribution in [0, 0.1) is 6.92 Å². The smallest absolute Gasteiger partial charge is 0.239 e. The second kappa shape index (κ2) is 7.36. The van der Waals surface area contributed by atoms with E-state index in [0.717, 1.165) is 54.9 Å². The summed E-state index contributed by atoms with van der Waals surface area (Å²) in [6, 6.07) is -0.497. The van der Waals surface area contributed by atoms with Crippen molar-refractivity contribution in [1.29, 1.82) is 0 Å². The van der Waals surface area contributed by atoms with Crippen LogP contribution in [0.4, 0.5) is 0 Å². The number of ether oxygens (including phenoxy) is 1. The Morgan fingerprint density at radius 1 is 1.37 bits per heavy atom. The highest BCUT2D eigenvalue weighted by atomic mass is 16.5. The van der Waals surface area contributed by atoms with Gasteiger partial charge in [-0.25, -0.2) is 0 Å². The number of hydrogen-bond acceptors (Lipinski definition) is 7. The summed E-state index contributed by atoms with van der Waals surface area (Å²) in [6.45, 7) is 6.28. The van der Waals surface area contributed by atoms with Gasteiger partial charge in [0.15, 0.2) is 0 Å². The Kier molecular flexibility index (Phi) is 4.92. The maximum Gasteiger partial charge on any atom is 0.239 e. The number of rotatable bonds is 3. The summed E-state index contributed by atoms with van der Waals surface area (Å²) < 4.78 is 11.0. The van der Waals surface area contributed by atoms with Crippen LogP contribution in [-0.2, 0) is 22.5 Å². The fourth-order valence-corrected chi connectivity index (χ4v) is 3.87. The molecule has 1 atom stereocenters. The minimum Gasteiger partial charge on any atom is -0.381 e. The molecule has 2 aliphatic rings. The summed E-state index contributed by atoms with van der Waals surface area (Å²) in [5, 5.41) is 4.25. The number of nitrogens with two attached hydrogens (primary N) is 1. The van der Waals surface area contributed by atoms with Gasteiger partial charge < -0.3 is 19.9 Å². The van der Waals surface area contributed by atoms with Crippen molar-refractivity contribution in [3.05, 3.63) is 28.9 Å². The van der Waals surface area contributed by atoms with Gasteiger partial charge in [0, 0.05) is 49.7 Å². The molecule has 1 fully saturated rings. The molecule has 0 aromatic carbocycles. The molecule has 0 saturated carbocycles. The molecule has 1 saturated heterocycles. The summed E-state index contributed by atoms with van der Waals surface area (Å²) in [7, 11) is 0. The van der Waals surface area contributed by atoms with Crippen molar-refractivity contribution in [1.82, 2.24) is 20.0 Å². The second-order valence-electron chi connectivity index (χ2n) is 7.36. The Hall–Kier alpha value is -2.32. The molecule has 2 aromatic heterocycles. The minimum absolute atomic E-state index is 0.0378. The zero-order chi connectivity index (χ0) is 19.0. The molecule has 0 radical (unpaired) electrons. The molecule has 2 aliphatic heterocycles. The third kappa shape index (κ3) is 3.46. The Morgan fingerprint density at radius 3 is 2.89 bits per heavy atom. The van der Waals surface area contributed by atoms with Gasteiger partial charge in [0.2, 0.25) is 17.6 Å². The van der Waals surface area contributed by atoms with Gasteiger partial charge in [0.05, 0.1) is 6.04 Å².